The van der Waals surface area contributed by atoms with E-state index in [-0.39, 0.29) is 4.90 Å². The highest BCUT2D eigenvalue weighted by molar-refractivity contribution is 9.10. The summed E-state index contributed by atoms with van der Waals surface area (Å²) in [7, 11) is -3.22. The Balaban J connectivity index is 1.95. The van der Waals surface area contributed by atoms with E-state index in [2.05, 4.69) is 31.2 Å². The van der Waals surface area contributed by atoms with Crippen molar-refractivity contribution in [3.8, 4) is 0 Å². The fourth-order valence-corrected chi connectivity index (χ4v) is 3.01. The topological polar surface area (TPSA) is 74.8 Å². The first-order chi connectivity index (χ1) is 9.91. The van der Waals surface area contributed by atoms with Crippen molar-refractivity contribution in [1.82, 2.24) is 9.97 Å². The maximum atomic E-state index is 11.6. The molecule has 0 saturated heterocycles. The fraction of sp³-hybridized carbons (Fsp3) is 0.0714. The van der Waals surface area contributed by atoms with Crippen molar-refractivity contribution in [2.75, 3.05) is 11.6 Å². The molecule has 7 heteroatoms. The Labute approximate surface area is 130 Å². The molecular weight excluding hydrogens is 354 g/mol. The van der Waals surface area contributed by atoms with Gasteiger partial charge >= 0.3 is 0 Å². The van der Waals surface area contributed by atoms with Gasteiger partial charge in [0.05, 0.1) is 15.9 Å². The minimum Gasteiger partial charge on any atom is -0.326 e. The summed E-state index contributed by atoms with van der Waals surface area (Å²) in [6.07, 6.45) is 1.19. The number of nitrogens with zero attached hydrogens (tertiary/aromatic N) is 1. The lowest BCUT2D eigenvalue weighted by Crippen LogP contribution is -1.99. The Hall–Kier alpha value is -1.86. The SMILES string of the molecule is CS(=O)(=O)c1cccc(Nc2nc3ccc(Br)cc3[nH]2)c1. The van der Waals surface area contributed by atoms with Gasteiger partial charge in [0.15, 0.2) is 9.84 Å². The number of aromatic nitrogens is 2. The lowest BCUT2D eigenvalue weighted by atomic mass is 10.3. The van der Waals surface area contributed by atoms with Gasteiger partial charge in [0.25, 0.3) is 0 Å². The molecule has 0 bridgehead atoms. The van der Waals surface area contributed by atoms with Crippen molar-refractivity contribution in [1.29, 1.82) is 0 Å². The normalized spacial score (nSPS) is 11.7. The first-order valence-corrected chi connectivity index (χ1v) is 8.83. The number of sulfone groups is 1. The monoisotopic (exact) mass is 365 g/mol. The zero-order chi connectivity index (χ0) is 15.0. The number of imidazole rings is 1. The van der Waals surface area contributed by atoms with E-state index in [9.17, 15) is 8.42 Å². The van der Waals surface area contributed by atoms with Gasteiger partial charge in [0.1, 0.15) is 0 Å². The molecule has 1 heterocycles. The highest BCUT2D eigenvalue weighted by Crippen LogP contribution is 2.22. The zero-order valence-corrected chi connectivity index (χ0v) is 13.5. The second kappa shape index (κ2) is 5.16. The largest absolute Gasteiger partial charge is 0.326 e. The van der Waals surface area contributed by atoms with Crippen LogP contribution in [0, 0.1) is 0 Å². The molecule has 0 atom stereocenters. The van der Waals surface area contributed by atoms with Crippen molar-refractivity contribution < 1.29 is 8.42 Å². The zero-order valence-electron chi connectivity index (χ0n) is 11.1. The van der Waals surface area contributed by atoms with E-state index in [0.29, 0.717) is 11.6 Å². The van der Waals surface area contributed by atoms with Crippen LogP contribution in [-0.2, 0) is 9.84 Å². The van der Waals surface area contributed by atoms with Gasteiger partial charge in [0, 0.05) is 16.4 Å². The van der Waals surface area contributed by atoms with Gasteiger partial charge in [-0.3, -0.25) is 0 Å². The number of H-pyrrole nitrogens is 1. The van der Waals surface area contributed by atoms with Crippen LogP contribution >= 0.6 is 15.9 Å². The molecule has 0 saturated carbocycles. The molecule has 2 aromatic carbocycles. The van der Waals surface area contributed by atoms with Gasteiger partial charge < -0.3 is 10.3 Å². The molecule has 108 valence electrons. The summed E-state index contributed by atoms with van der Waals surface area (Å²) in [5, 5.41) is 3.08. The van der Waals surface area contributed by atoms with Crippen molar-refractivity contribution in [2.24, 2.45) is 0 Å². The van der Waals surface area contributed by atoms with Gasteiger partial charge in [-0.15, -0.1) is 0 Å². The smallest absolute Gasteiger partial charge is 0.205 e. The van der Waals surface area contributed by atoms with Gasteiger partial charge in [-0.25, -0.2) is 13.4 Å². The quantitative estimate of drug-likeness (QED) is 0.744. The molecule has 3 aromatic rings. The highest BCUT2D eigenvalue weighted by Gasteiger charge is 2.08. The van der Waals surface area contributed by atoms with E-state index in [1.807, 2.05) is 18.2 Å². The molecule has 5 nitrogen and oxygen atoms in total. The second-order valence-electron chi connectivity index (χ2n) is 4.67. The number of nitrogens with one attached hydrogen (secondary N) is 2. The van der Waals surface area contributed by atoms with E-state index < -0.39 is 9.84 Å². The average Bonchev–Trinajstić information content (AvgIpc) is 2.79. The molecule has 0 radical (unpaired) electrons. The Morgan fingerprint density at radius 1 is 1.19 bits per heavy atom. The number of anilines is 2. The van der Waals surface area contributed by atoms with E-state index in [4.69, 9.17) is 0 Å². The van der Waals surface area contributed by atoms with Crippen LogP contribution < -0.4 is 5.32 Å². The molecule has 21 heavy (non-hydrogen) atoms. The Morgan fingerprint density at radius 3 is 2.76 bits per heavy atom. The molecule has 2 N–H and O–H groups in total. The number of rotatable bonds is 3. The van der Waals surface area contributed by atoms with Crippen LogP contribution in [0.15, 0.2) is 51.8 Å². The van der Waals surface area contributed by atoms with Crippen LogP contribution in [0.3, 0.4) is 0 Å². The molecular formula is C14H12BrN3O2S. The van der Waals surface area contributed by atoms with E-state index in [1.165, 1.54) is 6.26 Å². The van der Waals surface area contributed by atoms with Gasteiger partial charge in [-0.2, -0.15) is 0 Å². The van der Waals surface area contributed by atoms with Crippen molar-refractivity contribution in [3.05, 3.63) is 46.9 Å². The molecule has 0 spiro atoms. The molecule has 0 unspecified atom stereocenters. The number of hydrogen-bond donors (Lipinski definition) is 2. The van der Waals surface area contributed by atoms with Crippen LogP contribution in [0.25, 0.3) is 11.0 Å². The van der Waals surface area contributed by atoms with Crippen molar-refractivity contribution in [2.45, 2.75) is 4.90 Å². The molecule has 0 amide bonds. The van der Waals surface area contributed by atoms with Crippen LogP contribution in [0.4, 0.5) is 11.6 Å². The summed E-state index contributed by atoms with van der Waals surface area (Å²) in [4.78, 5) is 7.82. The van der Waals surface area contributed by atoms with Gasteiger partial charge in [-0.05, 0) is 36.4 Å². The van der Waals surface area contributed by atoms with Crippen LogP contribution in [-0.4, -0.2) is 24.6 Å². The third kappa shape index (κ3) is 3.08. The predicted octanol–water partition coefficient (Wildman–Crippen LogP) is 3.47. The first-order valence-electron chi connectivity index (χ1n) is 6.14. The Kier molecular flexibility index (Phi) is 3.46. The highest BCUT2D eigenvalue weighted by atomic mass is 79.9. The summed E-state index contributed by atoms with van der Waals surface area (Å²) < 4.78 is 24.1. The third-order valence-corrected chi connectivity index (χ3v) is 4.57. The number of fused-ring (bicyclic) bond motifs is 1. The standard InChI is InChI=1S/C14H12BrN3O2S/c1-21(19,20)11-4-2-3-10(8-11)16-14-17-12-6-5-9(15)7-13(12)18-14/h2-8H,1H3,(H2,16,17,18). The first kappa shape index (κ1) is 14.1. The number of benzene rings is 2. The summed E-state index contributed by atoms with van der Waals surface area (Å²) in [6.45, 7) is 0. The second-order valence-corrected chi connectivity index (χ2v) is 7.60. The molecule has 0 aliphatic rings. The molecule has 0 aliphatic heterocycles. The van der Waals surface area contributed by atoms with E-state index >= 15 is 0 Å². The lowest BCUT2D eigenvalue weighted by molar-refractivity contribution is 0.602. The van der Waals surface area contributed by atoms with E-state index in [0.717, 1.165) is 15.5 Å². The molecule has 1 aromatic heterocycles. The number of hydrogen-bond acceptors (Lipinski definition) is 4. The van der Waals surface area contributed by atoms with Crippen molar-refractivity contribution >= 4 is 48.4 Å². The summed E-state index contributed by atoms with van der Waals surface area (Å²) >= 11 is 3.40. The molecule has 3 rings (SSSR count). The van der Waals surface area contributed by atoms with Crippen molar-refractivity contribution in [3.63, 3.8) is 0 Å². The summed E-state index contributed by atoms with van der Waals surface area (Å²) in [5.41, 5.74) is 2.39. The Morgan fingerprint density at radius 2 is 2.00 bits per heavy atom. The van der Waals surface area contributed by atoms with Crippen LogP contribution in [0.1, 0.15) is 0 Å². The van der Waals surface area contributed by atoms with Gasteiger partial charge in [0.2, 0.25) is 5.95 Å². The Bertz CT molecular complexity index is 919. The predicted molar refractivity (Wildman–Crippen MR) is 86.6 cm³/mol. The molecule has 0 fully saturated rings. The average molecular weight is 366 g/mol. The van der Waals surface area contributed by atoms with Crippen LogP contribution in [0.2, 0.25) is 0 Å². The summed E-state index contributed by atoms with van der Waals surface area (Å²) in [5.74, 6) is 0.564. The maximum Gasteiger partial charge on any atom is 0.205 e. The third-order valence-electron chi connectivity index (χ3n) is 2.97. The van der Waals surface area contributed by atoms with Crippen LogP contribution in [0.5, 0.6) is 0 Å². The summed E-state index contributed by atoms with van der Waals surface area (Å²) in [6, 6.07) is 12.4. The molecule has 0 aliphatic carbocycles. The number of halogens is 1. The fourth-order valence-electron chi connectivity index (χ4n) is 1.98. The minimum absolute atomic E-state index is 0.270. The van der Waals surface area contributed by atoms with E-state index in [1.54, 1.807) is 24.3 Å². The minimum atomic E-state index is -3.22. The van der Waals surface area contributed by atoms with Gasteiger partial charge in [-0.1, -0.05) is 22.0 Å². The number of aromatic amines is 1. The maximum absolute atomic E-state index is 11.6. The lowest BCUT2D eigenvalue weighted by Gasteiger charge is -2.04.